The quantitative estimate of drug-likeness (QED) is 0.527. The normalized spacial score (nSPS) is 19.5. The number of hydrogen-bond acceptors (Lipinski definition) is 4. The number of aryl methyl sites for hydroxylation is 1. The van der Waals surface area contributed by atoms with Crippen molar-refractivity contribution in [3.8, 4) is 5.69 Å². The molecule has 1 amide bonds. The van der Waals surface area contributed by atoms with Crippen molar-refractivity contribution < 1.29 is 9.53 Å². The first-order chi connectivity index (χ1) is 16.7. The third-order valence-corrected chi connectivity index (χ3v) is 7.74. The molecule has 0 bridgehead atoms. The fraction of sp³-hybridized carbons (Fsp3) is 0.500. The van der Waals surface area contributed by atoms with E-state index in [9.17, 15) is 4.79 Å². The number of aromatic nitrogens is 2. The van der Waals surface area contributed by atoms with Crippen LogP contribution in [0.3, 0.4) is 0 Å². The Hall–Kier alpha value is -2.57. The van der Waals surface area contributed by atoms with Gasteiger partial charge in [-0.2, -0.15) is 0 Å². The molecular weight excluding hydrogens is 460 g/mol. The first-order valence-corrected chi connectivity index (χ1v) is 13.0. The van der Waals surface area contributed by atoms with Gasteiger partial charge in [-0.15, -0.1) is 0 Å². The zero-order chi connectivity index (χ0) is 24.7. The Bertz CT molecular complexity index is 1210. The Morgan fingerprint density at radius 1 is 1.11 bits per heavy atom. The Morgan fingerprint density at radius 3 is 2.46 bits per heavy atom. The summed E-state index contributed by atoms with van der Waals surface area (Å²) in [6.07, 6.45) is 2.53. The molecule has 2 saturated heterocycles. The number of hydrogen-bond donors (Lipinski definition) is 1. The van der Waals surface area contributed by atoms with Crippen LogP contribution in [0.2, 0.25) is 5.02 Å². The van der Waals surface area contributed by atoms with Crippen LogP contribution in [-0.4, -0.2) is 47.8 Å². The molecule has 0 radical (unpaired) electrons. The second-order valence-corrected chi connectivity index (χ2v) is 11.4. The van der Waals surface area contributed by atoms with Gasteiger partial charge in [0.05, 0.1) is 23.7 Å². The molecule has 6 nitrogen and oxygen atoms in total. The molecule has 0 aliphatic carbocycles. The van der Waals surface area contributed by atoms with Gasteiger partial charge in [-0.3, -0.25) is 9.36 Å². The van der Waals surface area contributed by atoms with E-state index in [1.54, 1.807) is 0 Å². The standard InChI is InChI=1S/C28H35ClN4O2/c1-18-15-24-25(16-23(18)29)33(22-7-5-20(6-8-22)28(2,3)4)27(31-24)32-12-9-19(10-13-32)26(34)30-21-11-14-35-17-21/h5-8,15-16,19,21H,9-14,17H2,1-4H3,(H,30,34). The minimum Gasteiger partial charge on any atom is -0.379 e. The molecule has 2 aliphatic rings. The predicted octanol–water partition coefficient (Wildman–Crippen LogP) is 5.41. The van der Waals surface area contributed by atoms with E-state index in [2.05, 4.69) is 65.9 Å². The minimum absolute atomic E-state index is 0.0347. The SMILES string of the molecule is Cc1cc2nc(N3CCC(C(=O)NC4CCOC4)CC3)n(-c3ccc(C(C)(C)C)cc3)c2cc1Cl. The van der Waals surface area contributed by atoms with Gasteiger partial charge in [-0.05, 0) is 67.0 Å². The second-order valence-electron chi connectivity index (χ2n) is 11.0. The lowest BCUT2D eigenvalue weighted by atomic mass is 9.87. The topological polar surface area (TPSA) is 59.4 Å². The first-order valence-electron chi connectivity index (χ1n) is 12.6. The van der Waals surface area contributed by atoms with Gasteiger partial charge < -0.3 is 15.0 Å². The monoisotopic (exact) mass is 494 g/mol. The van der Waals surface area contributed by atoms with E-state index in [-0.39, 0.29) is 23.3 Å². The van der Waals surface area contributed by atoms with Crippen molar-refractivity contribution in [1.29, 1.82) is 0 Å². The number of imidazole rings is 1. The summed E-state index contributed by atoms with van der Waals surface area (Å²) in [7, 11) is 0. The van der Waals surface area contributed by atoms with E-state index in [0.717, 1.165) is 72.2 Å². The number of anilines is 1. The number of piperidine rings is 1. The fourth-order valence-electron chi connectivity index (χ4n) is 5.08. The number of benzene rings is 2. The zero-order valence-corrected chi connectivity index (χ0v) is 21.9. The van der Waals surface area contributed by atoms with Crippen LogP contribution < -0.4 is 10.2 Å². The summed E-state index contributed by atoms with van der Waals surface area (Å²) in [5.41, 5.74) is 5.40. The van der Waals surface area contributed by atoms with E-state index in [0.29, 0.717) is 6.61 Å². The maximum Gasteiger partial charge on any atom is 0.223 e. The van der Waals surface area contributed by atoms with E-state index < -0.39 is 0 Å². The Labute approximate surface area is 212 Å². The maximum atomic E-state index is 12.8. The van der Waals surface area contributed by atoms with Gasteiger partial charge in [0.2, 0.25) is 11.9 Å². The van der Waals surface area contributed by atoms with Crippen molar-refractivity contribution in [3.05, 3.63) is 52.5 Å². The van der Waals surface area contributed by atoms with Crippen LogP contribution in [0.5, 0.6) is 0 Å². The van der Waals surface area contributed by atoms with E-state index in [4.69, 9.17) is 21.3 Å². The van der Waals surface area contributed by atoms with Gasteiger partial charge in [0.15, 0.2) is 0 Å². The van der Waals surface area contributed by atoms with E-state index in [1.807, 2.05) is 13.0 Å². The maximum absolute atomic E-state index is 12.8. The summed E-state index contributed by atoms with van der Waals surface area (Å²) < 4.78 is 7.62. The van der Waals surface area contributed by atoms with Crippen molar-refractivity contribution in [2.24, 2.45) is 5.92 Å². The molecule has 35 heavy (non-hydrogen) atoms. The lowest BCUT2D eigenvalue weighted by Gasteiger charge is -2.33. The van der Waals surface area contributed by atoms with Crippen molar-refractivity contribution in [1.82, 2.24) is 14.9 Å². The molecule has 3 heterocycles. The van der Waals surface area contributed by atoms with Crippen molar-refractivity contribution in [2.75, 3.05) is 31.2 Å². The van der Waals surface area contributed by atoms with Gasteiger partial charge in [-0.1, -0.05) is 44.5 Å². The molecule has 5 rings (SSSR count). The first kappa shape index (κ1) is 24.1. The molecule has 2 aromatic carbocycles. The number of halogens is 1. The van der Waals surface area contributed by atoms with Crippen LogP contribution in [-0.2, 0) is 14.9 Å². The minimum atomic E-state index is 0.0347. The van der Waals surface area contributed by atoms with Gasteiger partial charge in [-0.25, -0.2) is 4.98 Å². The number of amides is 1. The highest BCUT2D eigenvalue weighted by Gasteiger charge is 2.30. The van der Waals surface area contributed by atoms with Crippen LogP contribution in [0.25, 0.3) is 16.7 Å². The Kier molecular flexibility index (Phi) is 6.53. The molecule has 0 spiro atoms. The summed E-state index contributed by atoms with van der Waals surface area (Å²) in [6, 6.07) is 13.0. The zero-order valence-electron chi connectivity index (χ0n) is 21.1. The highest BCUT2D eigenvalue weighted by molar-refractivity contribution is 6.32. The highest BCUT2D eigenvalue weighted by Crippen LogP contribution is 2.34. The fourth-order valence-corrected chi connectivity index (χ4v) is 5.23. The molecular formula is C28H35ClN4O2. The third-order valence-electron chi connectivity index (χ3n) is 7.33. The number of ether oxygens (including phenoxy) is 1. The number of nitrogens with one attached hydrogen (secondary N) is 1. The van der Waals surface area contributed by atoms with Crippen molar-refractivity contribution in [2.45, 2.75) is 58.4 Å². The van der Waals surface area contributed by atoms with E-state index >= 15 is 0 Å². The largest absolute Gasteiger partial charge is 0.379 e. The summed E-state index contributed by atoms with van der Waals surface area (Å²) in [4.78, 5) is 20.2. The van der Waals surface area contributed by atoms with Crippen LogP contribution >= 0.6 is 11.6 Å². The van der Waals surface area contributed by atoms with Crippen LogP contribution in [0.4, 0.5) is 5.95 Å². The number of nitrogens with zero attached hydrogens (tertiary/aromatic N) is 3. The third kappa shape index (κ3) is 4.91. The van der Waals surface area contributed by atoms with Crippen LogP contribution in [0.15, 0.2) is 36.4 Å². The lowest BCUT2D eigenvalue weighted by molar-refractivity contribution is -0.126. The molecule has 7 heteroatoms. The molecule has 2 aliphatic heterocycles. The lowest BCUT2D eigenvalue weighted by Crippen LogP contribution is -2.44. The van der Waals surface area contributed by atoms with E-state index in [1.165, 1.54) is 5.56 Å². The average molecular weight is 495 g/mol. The number of fused-ring (bicyclic) bond motifs is 1. The summed E-state index contributed by atoms with van der Waals surface area (Å²) >= 11 is 6.54. The van der Waals surface area contributed by atoms with Gasteiger partial charge >= 0.3 is 0 Å². The molecule has 186 valence electrons. The Morgan fingerprint density at radius 2 is 1.83 bits per heavy atom. The molecule has 1 unspecified atom stereocenters. The summed E-state index contributed by atoms with van der Waals surface area (Å²) in [5, 5.41) is 3.91. The van der Waals surface area contributed by atoms with Crippen molar-refractivity contribution >= 4 is 34.5 Å². The van der Waals surface area contributed by atoms with Gasteiger partial charge in [0.1, 0.15) is 0 Å². The molecule has 2 fully saturated rings. The predicted molar refractivity (Wildman–Crippen MR) is 142 cm³/mol. The molecule has 0 saturated carbocycles. The Balaban J connectivity index is 1.43. The van der Waals surface area contributed by atoms with Crippen molar-refractivity contribution in [3.63, 3.8) is 0 Å². The smallest absolute Gasteiger partial charge is 0.223 e. The molecule has 1 N–H and O–H groups in total. The highest BCUT2D eigenvalue weighted by atomic mass is 35.5. The van der Waals surface area contributed by atoms with Crippen LogP contribution in [0.1, 0.15) is 51.2 Å². The number of carbonyl (C=O) groups excluding carboxylic acids is 1. The molecule has 1 aromatic heterocycles. The van der Waals surface area contributed by atoms with Gasteiger partial charge in [0.25, 0.3) is 0 Å². The average Bonchev–Trinajstić information content (AvgIpc) is 3.47. The second kappa shape index (κ2) is 9.47. The molecule has 3 aromatic rings. The number of rotatable bonds is 4. The summed E-state index contributed by atoms with van der Waals surface area (Å²) in [6.45, 7) is 11.6. The van der Waals surface area contributed by atoms with Gasteiger partial charge in [0, 0.05) is 36.3 Å². The molecule has 1 atom stereocenters. The summed E-state index contributed by atoms with van der Waals surface area (Å²) in [5.74, 6) is 1.11. The van der Waals surface area contributed by atoms with Crippen LogP contribution in [0, 0.1) is 12.8 Å². The number of carbonyl (C=O) groups is 1.